The summed E-state index contributed by atoms with van der Waals surface area (Å²) in [6.07, 6.45) is 3.82. The molecule has 0 bridgehead atoms. The summed E-state index contributed by atoms with van der Waals surface area (Å²) in [4.78, 5) is 22.4. The number of carbonyl (C=O) groups is 2. The lowest BCUT2D eigenvalue weighted by Gasteiger charge is -2.04. The quantitative estimate of drug-likeness (QED) is 0.842. The van der Waals surface area contributed by atoms with Gasteiger partial charge < -0.3 is 10.4 Å². The van der Waals surface area contributed by atoms with Crippen molar-refractivity contribution in [1.82, 2.24) is 9.78 Å². The van der Waals surface area contributed by atoms with E-state index in [-0.39, 0.29) is 5.56 Å². The minimum Gasteiger partial charge on any atom is -0.478 e. The van der Waals surface area contributed by atoms with Gasteiger partial charge in [-0.1, -0.05) is 6.07 Å². The number of hydrogen-bond acceptors (Lipinski definition) is 3. The second kappa shape index (κ2) is 6.00. The lowest BCUT2D eigenvalue weighted by molar-refractivity contribution is -0.131. The summed E-state index contributed by atoms with van der Waals surface area (Å²) in [6, 6.07) is 5.33. The molecule has 0 saturated carbocycles. The molecule has 1 heterocycles. The number of aliphatic carboxylic acids is 1. The van der Waals surface area contributed by atoms with Gasteiger partial charge in [0.25, 0.3) is 5.91 Å². The Labute approximate surface area is 119 Å². The highest BCUT2D eigenvalue weighted by Gasteiger charge is 2.13. The number of nitrogens with one attached hydrogen (secondary N) is 1. The Hall–Kier alpha value is -2.96. The van der Waals surface area contributed by atoms with Crippen LogP contribution in [-0.2, 0) is 11.8 Å². The van der Waals surface area contributed by atoms with E-state index in [1.54, 1.807) is 19.3 Å². The highest BCUT2D eigenvalue weighted by Crippen LogP contribution is 2.14. The van der Waals surface area contributed by atoms with Crippen LogP contribution < -0.4 is 5.32 Å². The molecule has 0 aliphatic carbocycles. The molecule has 0 fully saturated rings. The minimum atomic E-state index is -1.13. The van der Waals surface area contributed by atoms with Crippen LogP contribution in [0, 0.1) is 5.82 Å². The average Bonchev–Trinajstić information content (AvgIpc) is 2.83. The molecule has 7 heteroatoms. The fourth-order valence-corrected chi connectivity index (χ4v) is 1.65. The van der Waals surface area contributed by atoms with Gasteiger partial charge in [0.1, 0.15) is 5.82 Å². The molecule has 2 aromatic rings. The molecule has 6 nitrogen and oxygen atoms in total. The topological polar surface area (TPSA) is 84.2 Å². The van der Waals surface area contributed by atoms with Crippen molar-refractivity contribution in [3.8, 4) is 0 Å². The number of carboxylic acid groups (broad SMARTS) is 1. The lowest BCUT2D eigenvalue weighted by atomic mass is 10.1. The highest BCUT2D eigenvalue weighted by atomic mass is 19.1. The van der Waals surface area contributed by atoms with E-state index in [4.69, 9.17) is 5.11 Å². The van der Waals surface area contributed by atoms with E-state index in [2.05, 4.69) is 10.4 Å². The monoisotopic (exact) mass is 289 g/mol. The van der Waals surface area contributed by atoms with Gasteiger partial charge in [-0.25, -0.2) is 9.18 Å². The molecule has 1 aromatic heterocycles. The summed E-state index contributed by atoms with van der Waals surface area (Å²) >= 11 is 0. The third-order valence-corrected chi connectivity index (χ3v) is 2.61. The van der Waals surface area contributed by atoms with E-state index < -0.39 is 17.7 Å². The first-order chi connectivity index (χ1) is 9.95. The maximum atomic E-state index is 13.7. The molecule has 0 atom stereocenters. The Morgan fingerprint density at radius 3 is 2.76 bits per heavy atom. The van der Waals surface area contributed by atoms with E-state index in [9.17, 15) is 14.0 Å². The molecule has 0 unspecified atom stereocenters. The Morgan fingerprint density at radius 2 is 2.14 bits per heavy atom. The first-order valence-electron chi connectivity index (χ1n) is 5.97. The third kappa shape index (κ3) is 3.75. The predicted octanol–water partition coefficient (Wildman–Crippen LogP) is 1.91. The molecule has 21 heavy (non-hydrogen) atoms. The van der Waals surface area contributed by atoms with Crippen molar-refractivity contribution >= 4 is 23.8 Å². The minimum absolute atomic E-state index is 0.187. The largest absolute Gasteiger partial charge is 0.478 e. The first-order valence-corrected chi connectivity index (χ1v) is 5.97. The van der Waals surface area contributed by atoms with Crippen molar-refractivity contribution in [2.24, 2.45) is 7.05 Å². The Kier molecular flexibility index (Phi) is 4.13. The number of carboxylic acids is 1. The number of aromatic nitrogens is 2. The lowest BCUT2D eigenvalue weighted by Crippen LogP contribution is -2.14. The molecule has 0 aliphatic heterocycles. The van der Waals surface area contributed by atoms with Crippen LogP contribution in [-0.4, -0.2) is 26.8 Å². The van der Waals surface area contributed by atoms with Gasteiger partial charge >= 0.3 is 5.97 Å². The molecular weight excluding hydrogens is 277 g/mol. The van der Waals surface area contributed by atoms with E-state index >= 15 is 0 Å². The number of amides is 1. The number of nitrogens with zero attached hydrogens (tertiary/aromatic N) is 2. The maximum Gasteiger partial charge on any atom is 0.328 e. The molecule has 1 aromatic carbocycles. The maximum absolute atomic E-state index is 13.7. The van der Waals surface area contributed by atoms with Crippen molar-refractivity contribution in [2.75, 3.05) is 5.32 Å². The fourth-order valence-electron chi connectivity index (χ4n) is 1.65. The van der Waals surface area contributed by atoms with Crippen LogP contribution in [0.4, 0.5) is 10.2 Å². The normalized spacial score (nSPS) is 10.8. The summed E-state index contributed by atoms with van der Waals surface area (Å²) in [5, 5.41) is 15.0. The fraction of sp³-hybridized carbons (Fsp3) is 0.0714. The second-order valence-electron chi connectivity index (χ2n) is 4.24. The molecule has 0 aliphatic rings. The number of halogens is 1. The second-order valence-corrected chi connectivity index (χ2v) is 4.24. The molecule has 1 amide bonds. The van der Waals surface area contributed by atoms with Gasteiger partial charge in [0, 0.05) is 25.4 Å². The van der Waals surface area contributed by atoms with Crippen LogP contribution in [0.15, 0.2) is 36.5 Å². The van der Waals surface area contributed by atoms with Crippen LogP contribution in [0.1, 0.15) is 15.9 Å². The van der Waals surface area contributed by atoms with Crippen LogP contribution >= 0.6 is 0 Å². The Morgan fingerprint density at radius 1 is 1.38 bits per heavy atom. The number of anilines is 1. The summed E-state index contributed by atoms with van der Waals surface area (Å²) in [7, 11) is 1.69. The van der Waals surface area contributed by atoms with Crippen molar-refractivity contribution in [1.29, 1.82) is 0 Å². The van der Waals surface area contributed by atoms with E-state index in [1.807, 2.05) is 0 Å². The molecule has 0 radical (unpaired) electrons. The summed E-state index contributed by atoms with van der Waals surface area (Å²) in [6.45, 7) is 0. The van der Waals surface area contributed by atoms with Gasteiger partial charge in [0.15, 0.2) is 5.82 Å². The number of benzene rings is 1. The van der Waals surface area contributed by atoms with E-state index in [0.29, 0.717) is 11.4 Å². The average molecular weight is 289 g/mol. The summed E-state index contributed by atoms with van der Waals surface area (Å²) in [5.41, 5.74) is 0.221. The predicted molar refractivity (Wildman–Crippen MR) is 74.2 cm³/mol. The Bertz CT molecular complexity index is 722. The zero-order valence-corrected chi connectivity index (χ0v) is 11.1. The van der Waals surface area contributed by atoms with Crippen LogP contribution in [0.2, 0.25) is 0 Å². The van der Waals surface area contributed by atoms with Crippen molar-refractivity contribution < 1.29 is 19.1 Å². The zero-order chi connectivity index (χ0) is 15.4. The number of carbonyl (C=O) groups excluding carboxylic acids is 1. The van der Waals surface area contributed by atoms with Crippen molar-refractivity contribution in [3.63, 3.8) is 0 Å². The van der Waals surface area contributed by atoms with Crippen molar-refractivity contribution in [3.05, 3.63) is 53.5 Å². The molecule has 0 spiro atoms. The zero-order valence-electron chi connectivity index (χ0n) is 11.1. The number of aryl methyl sites for hydroxylation is 1. The number of rotatable bonds is 4. The number of hydrogen-bond donors (Lipinski definition) is 2. The molecule has 2 rings (SSSR count). The molecule has 108 valence electrons. The first kappa shape index (κ1) is 14.4. The van der Waals surface area contributed by atoms with Crippen LogP contribution in [0.5, 0.6) is 0 Å². The van der Waals surface area contributed by atoms with Gasteiger partial charge in [0.2, 0.25) is 0 Å². The third-order valence-electron chi connectivity index (χ3n) is 2.61. The van der Waals surface area contributed by atoms with Crippen LogP contribution in [0.3, 0.4) is 0 Å². The van der Waals surface area contributed by atoms with Crippen molar-refractivity contribution in [2.45, 2.75) is 0 Å². The van der Waals surface area contributed by atoms with Crippen LogP contribution in [0.25, 0.3) is 6.08 Å². The van der Waals surface area contributed by atoms with Gasteiger partial charge in [-0.05, 0) is 23.8 Å². The van der Waals surface area contributed by atoms with E-state index in [0.717, 1.165) is 12.1 Å². The highest BCUT2D eigenvalue weighted by molar-refractivity contribution is 6.04. The molecular formula is C14H12FN3O3. The SMILES string of the molecule is Cn1ccc(NC(=O)c2cc(C=CC(=O)O)ccc2F)n1. The van der Waals surface area contributed by atoms with Gasteiger partial charge in [-0.15, -0.1) is 0 Å². The molecule has 0 saturated heterocycles. The van der Waals surface area contributed by atoms with Gasteiger partial charge in [0.05, 0.1) is 5.56 Å². The smallest absolute Gasteiger partial charge is 0.328 e. The summed E-state index contributed by atoms with van der Waals surface area (Å²) in [5.74, 6) is -2.18. The van der Waals surface area contributed by atoms with E-state index in [1.165, 1.54) is 22.9 Å². The van der Waals surface area contributed by atoms with Gasteiger partial charge in [-0.3, -0.25) is 9.48 Å². The summed E-state index contributed by atoms with van der Waals surface area (Å²) < 4.78 is 15.2. The standard InChI is InChI=1S/C14H12FN3O3/c1-18-7-6-12(17-18)16-14(21)10-8-9(2-4-11(10)15)3-5-13(19)20/h2-8H,1H3,(H,19,20)(H,16,17,21). The van der Waals surface area contributed by atoms with Gasteiger partial charge in [-0.2, -0.15) is 5.10 Å². The Balaban J connectivity index is 2.23. The molecule has 2 N–H and O–H groups in total.